The first-order chi connectivity index (χ1) is 14.6. The second-order valence-corrected chi connectivity index (χ2v) is 9.38. The van der Waals surface area contributed by atoms with Crippen LogP contribution in [0.15, 0.2) is 35.4 Å². The van der Waals surface area contributed by atoms with Gasteiger partial charge in [0.1, 0.15) is 33.6 Å². The second-order valence-electron chi connectivity index (χ2n) is 7.27. The number of halogens is 1. The number of aromatic nitrogens is 3. The summed E-state index contributed by atoms with van der Waals surface area (Å²) in [6.07, 6.45) is 0.735. The Morgan fingerprint density at radius 3 is 2.84 bits per heavy atom. The fraction of sp³-hybridized carbons (Fsp3) is 0.250. The quantitative estimate of drug-likeness (QED) is 0.551. The fourth-order valence-electron chi connectivity index (χ4n) is 3.62. The lowest BCUT2D eigenvalue weighted by Gasteiger charge is -2.25. The second kappa shape index (κ2) is 7.33. The molecule has 2 aromatic heterocycles. The van der Waals surface area contributed by atoms with Gasteiger partial charge in [-0.1, -0.05) is 0 Å². The van der Waals surface area contributed by atoms with Gasteiger partial charge in [0.15, 0.2) is 11.6 Å². The van der Waals surface area contributed by atoms with Gasteiger partial charge >= 0.3 is 0 Å². The molecule has 0 aliphatic carbocycles. The molecule has 2 atom stereocenters. The average molecular weight is 441 g/mol. The van der Waals surface area contributed by atoms with Crippen molar-refractivity contribution >= 4 is 15.7 Å². The third-order valence-corrected chi connectivity index (χ3v) is 7.19. The van der Waals surface area contributed by atoms with E-state index in [2.05, 4.69) is 16.2 Å². The number of benzene rings is 1. The van der Waals surface area contributed by atoms with Gasteiger partial charge in [-0.3, -0.25) is 4.68 Å². The van der Waals surface area contributed by atoms with Gasteiger partial charge in [-0.15, -0.1) is 0 Å². The van der Waals surface area contributed by atoms with Crippen molar-refractivity contribution in [3.05, 3.63) is 53.2 Å². The number of aryl methyl sites for hydroxylation is 1. The number of nitrogen functional groups attached to an aromatic ring is 1. The Labute approximate surface area is 179 Å². The molecule has 2 unspecified atom stereocenters. The number of rotatable bonds is 0. The third kappa shape index (κ3) is 3.39. The zero-order chi connectivity index (χ0) is 22.5. The first-order valence-electron chi connectivity index (χ1n) is 9.31. The number of fused-ring (bicyclic) bond motifs is 5. The third-order valence-electron chi connectivity index (χ3n) is 5.22. The Hall–Kier alpha value is -3.49. The minimum atomic E-state index is -3.53. The number of nitrogens with zero attached hydrogens (tertiary/aromatic N) is 5. The molecule has 1 aliphatic rings. The molecule has 11 heteroatoms. The van der Waals surface area contributed by atoms with Crippen LogP contribution in [0.5, 0.6) is 5.75 Å². The van der Waals surface area contributed by atoms with Crippen LogP contribution in [-0.4, -0.2) is 30.3 Å². The Bertz CT molecular complexity index is 1340. The molecule has 3 heterocycles. The Balaban J connectivity index is 2.03. The first kappa shape index (κ1) is 20.8. The number of hydrogen-bond donors (Lipinski definition) is 2. The van der Waals surface area contributed by atoms with E-state index in [1.807, 2.05) is 0 Å². The molecule has 31 heavy (non-hydrogen) atoms. The van der Waals surface area contributed by atoms with E-state index >= 15 is 0 Å². The van der Waals surface area contributed by atoms with Crippen LogP contribution in [0.25, 0.3) is 11.1 Å². The molecule has 4 rings (SSSR count). The van der Waals surface area contributed by atoms with Crippen LogP contribution in [0.4, 0.5) is 10.2 Å². The van der Waals surface area contributed by atoms with Crippen molar-refractivity contribution in [2.45, 2.75) is 24.5 Å². The molecular formula is C20H20FN7O2S. The molecule has 0 radical (unpaired) electrons. The number of ether oxygens (including phenoxy) is 1. The topological polar surface area (TPSA) is 134 Å². The summed E-state index contributed by atoms with van der Waals surface area (Å²) in [5.41, 5.74) is 8.04. The van der Waals surface area contributed by atoms with E-state index in [0.29, 0.717) is 16.8 Å². The van der Waals surface area contributed by atoms with Gasteiger partial charge in [0.05, 0.1) is 17.1 Å². The van der Waals surface area contributed by atoms with Crippen molar-refractivity contribution in [3.63, 3.8) is 0 Å². The van der Waals surface area contributed by atoms with E-state index < -0.39 is 21.8 Å². The maximum atomic E-state index is 14.1. The monoisotopic (exact) mass is 441 g/mol. The Morgan fingerprint density at radius 1 is 1.39 bits per heavy atom. The van der Waals surface area contributed by atoms with E-state index in [-0.39, 0.29) is 34.3 Å². The zero-order valence-electron chi connectivity index (χ0n) is 17.1. The average Bonchev–Trinajstić information content (AvgIpc) is 3.03. The number of anilines is 1. The van der Waals surface area contributed by atoms with Crippen LogP contribution in [-0.2, 0) is 23.5 Å². The number of nitriles is 1. The number of pyridine rings is 1. The van der Waals surface area contributed by atoms with Crippen LogP contribution in [0.3, 0.4) is 0 Å². The van der Waals surface area contributed by atoms with Crippen LogP contribution in [0.2, 0.25) is 0 Å². The van der Waals surface area contributed by atoms with Gasteiger partial charge in [-0.25, -0.2) is 22.7 Å². The summed E-state index contributed by atoms with van der Waals surface area (Å²) < 4.78 is 45.0. The van der Waals surface area contributed by atoms with Crippen LogP contribution in [0.1, 0.15) is 30.0 Å². The summed E-state index contributed by atoms with van der Waals surface area (Å²) >= 11 is 0. The van der Waals surface area contributed by atoms with Gasteiger partial charge < -0.3 is 10.5 Å². The van der Waals surface area contributed by atoms with Gasteiger partial charge in [-0.2, -0.15) is 10.4 Å². The SMILES string of the molecule is CC1Oc2cc(cnc2N)-c2c(nn(C)c2C#N)CN(C)S(=N)(=O)c2ccc(F)cc21. The summed E-state index contributed by atoms with van der Waals surface area (Å²) in [5.74, 6) is -0.202. The number of nitrogens with two attached hydrogens (primary N) is 1. The first-order valence-corrected chi connectivity index (χ1v) is 10.8. The van der Waals surface area contributed by atoms with E-state index in [0.717, 1.165) is 6.07 Å². The van der Waals surface area contributed by atoms with Crippen LogP contribution < -0.4 is 10.5 Å². The van der Waals surface area contributed by atoms with Gasteiger partial charge in [0.25, 0.3) is 0 Å². The number of nitrogens with one attached hydrogen (secondary N) is 1. The van der Waals surface area contributed by atoms with Crippen molar-refractivity contribution in [2.24, 2.45) is 7.05 Å². The zero-order valence-corrected chi connectivity index (χ0v) is 17.9. The van der Waals surface area contributed by atoms with Crippen LogP contribution >= 0.6 is 0 Å². The minimum absolute atomic E-state index is 0.0128. The standard InChI is InChI=1S/C20H20FN7O2S/c1-11-14-7-13(21)4-5-18(14)31(24,29)27(2)10-15-19(16(8-22)28(3)26-15)12-6-17(30-11)20(23)25-9-12/h4-7,9,11,24H,10H2,1-3H3,(H2,23,25). The number of hydrogen-bond acceptors (Lipinski definition) is 7. The van der Waals surface area contributed by atoms with Crippen molar-refractivity contribution in [1.82, 2.24) is 19.1 Å². The highest BCUT2D eigenvalue weighted by Crippen LogP contribution is 2.37. The minimum Gasteiger partial charge on any atom is -0.482 e. The lowest BCUT2D eigenvalue weighted by atomic mass is 10.0. The summed E-state index contributed by atoms with van der Waals surface area (Å²) in [4.78, 5) is 4.32. The maximum absolute atomic E-state index is 14.1. The van der Waals surface area contributed by atoms with Gasteiger partial charge in [0, 0.05) is 37.0 Å². The molecule has 3 N–H and O–H groups in total. The van der Waals surface area contributed by atoms with E-state index in [9.17, 15) is 13.9 Å². The highest BCUT2D eigenvalue weighted by atomic mass is 32.2. The molecule has 2 bridgehead atoms. The maximum Gasteiger partial charge on any atom is 0.166 e. The largest absolute Gasteiger partial charge is 0.482 e. The summed E-state index contributed by atoms with van der Waals surface area (Å²) in [5, 5.41) is 14.1. The molecule has 3 aromatic rings. The molecular weight excluding hydrogens is 421 g/mol. The predicted molar refractivity (Wildman–Crippen MR) is 112 cm³/mol. The van der Waals surface area contributed by atoms with Crippen molar-refractivity contribution < 1.29 is 13.3 Å². The smallest absolute Gasteiger partial charge is 0.166 e. The van der Waals surface area contributed by atoms with E-state index in [1.165, 1.54) is 34.4 Å². The Morgan fingerprint density at radius 2 is 2.13 bits per heavy atom. The summed E-state index contributed by atoms with van der Waals surface area (Å²) in [6.45, 7) is 1.67. The highest BCUT2D eigenvalue weighted by Gasteiger charge is 2.29. The van der Waals surface area contributed by atoms with Crippen LogP contribution in [0, 0.1) is 21.9 Å². The van der Waals surface area contributed by atoms with E-state index in [1.54, 1.807) is 20.0 Å². The highest BCUT2D eigenvalue weighted by molar-refractivity contribution is 7.90. The lowest BCUT2D eigenvalue weighted by Crippen LogP contribution is -2.27. The van der Waals surface area contributed by atoms with E-state index in [4.69, 9.17) is 15.3 Å². The lowest BCUT2D eigenvalue weighted by molar-refractivity contribution is 0.223. The van der Waals surface area contributed by atoms with Crippen molar-refractivity contribution in [3.8, 4) is 22.9 Å². The molecule has 0 saturated heterocycles. The summed E-state index contributed by atoms with van der Waals surface area (Å²) in [7, 11) is -0.380. The molecule has 1 aliphatic heterocycles. The molecule has 0 saturated carbocycles. The van der Waals surface area contributed by atoms with Crippen molar-refractivity contribution in [2.75, 3.05) is 12.8 Å². The fourth-order valence-corrected chi connectivity index (χ4v) is 5.06. The Kier molecular flexibility index (Phi) is 4.91. The normalized spacial score (nSPS) is 21.1. The molecule has 1 aromatic carbocycles. The molecule has 160 valence electrons. The molecule has 0 fully saturated rings. The predicted octanol–water partition coefficient (Wildman–Crippen LogP) is 2.98. The molecule has 0 amide bonds. The van der Waals surface area contributed by atoms with Gasteiger partial charge in [0.2, 0.25) is 0 Å². The molecule has 0 spiro atoms. The molecule has 9 nitrogen and oxygen atoms in total. The van der Waals surface area contributed by atoms with Gasteiger partial charge in [-0.05, 0) is 31.2 Å². The summed E-state index contributed by atoms with van der Waals surface area (Å²) in [6, 6.07) is 7.48. The van der Waals surface area contributed by atoms with Crippen molar-refractivity contribution in [1.29, 1.82) is 10.0 Å².